The highest BCUT2D eigenvalue weighted by Gasteiger charge is 2.30. The normalized spacial score (nSPS) is 16.6. The van der Waals surface area contributed by atoms with Gasteiger partial charge in [-0.15, -0.1) is 0 Å². The van der Waals surface area contributed by atoms with Crippen molar-refractivity contribution in [3.63, 3.8) is 0 Å². The molecule has 0 radical (unpaired) electrons. The third kappa shape index (κ3) is 3.82. The molecule has 1 saturated heterocycles. The Morgan fingerprint density at radius 2 is 2.07 bits per heavy atom. The summed E-state index contributed by atoms with van der Waals surface area (Å²) in [6.07, 6.45) is 3.52. The Labute approximate surface area is 176 Å². The van der Waals surface area contributed by atoms with E-state index in [9.17, 15) is 9.59 Å². The minimum absolute atomic E-state index is 0.0579. The monoisotopic (exact) mass is 405 g/mol. The van der Waals surface area contributed by atoms with E-state index in [0.717, 1.165) is 40.7 Å². The first-order valence-corrected chi connectivity index (χ1v) is 10.5. The summed E-state index contributed by atoms with van der Waals surface area (Å²) in [6, 6.07) is 11.8. The molecule has 2 aromatic heterocycles. The number of piperidine rings is 1. The van der Waals surface area contributed by atoms with Crippen LogP contribution in [-0.4, -0.2) is 46.0 Å². The third-order valence-electron chi connectivity index (χ3n) is 5.73. The van der Waals surface area contributed by atoms with Crippen LogP contribution in [0.15, 0.2) is 42.6 Å². The Balaban J connectivity index is 1.75. The van der Waals surface area contributed by atoms with Crippen molar-refractivity contribution in [1.82, 2.24) is 14.5 Å². The second-order valence-electron chi connectivity index (χ2n) is 7.92. The number of hydrogen-bond donors (Lipinski definition) is 0. The molecule has 1 aliphatic heterocycles. The lowest BCUT2D eigenvalue weighted by molar-refractivity contribution is -0.149. The maximum absolute atomic E-state index is 13.6. The number of fused-ring (bicyclic) bond motifs is 1. The van der Waals surface area contributed by atoms with Crippen molar-refractivity contribution in [2.45, 2.75) is 26.7 Å². The summed E-state index contributed by atoms with van der Waals surface area (Å²) in [6.45, 7) is 5.21. The molecule has 1 atom stereocenters. The maximum atomic E-state index is 13.6. The van der Waals surface area contributed by atoms with E-state index in [0.29, 0.717) is 25.3 Å². The molecule has 30 heavy (non-hydrogen) atoms. The first kappa shape index (κ1) is 20.1. The summed E-state index contributed by atoms with van der Waals surface area (Å²) < 4.78 is 7.19. The molecular formula is C24H27N3O3. The zero-order chi connectivity index (χ0) is 21.3. The van der Waals surface area contributed by atoms with Crippen LogP contribution in [0.4, 0.5) is 0 Å². The molecule has 0 N–H and O–H groups in total. The second kappa shape index (κ2) is 8.30. The summed E-state index contributed by atoms with van der Waals surface area (Å²) >= 11 is 0. The summed E-state index contributed by atoms with van der Waals surface area (Å²) in [5, 5.41) is 0.844. The third-order valence-corrected chi connectivity index (χ3v) is 5.73. The van der Waals surface area contributed by atoms with Crippen molar-refractivity contribution in [3.05, 3.63) is 53.7 Å². The molecule has 6 nitrogen and oxygen atoms in total. The van der Waals surface area contributed by atoms with Crippen LogP contribution in [0.1, 0.15) is 35.7 Å². The SMILES string of the molecule is CCOC(=O)C1CCCN(C(=O)c2cc(-c3cccn3C)nc3ccc(C)cc23)C1. The van der Waals surface area contributed by atoms with Crippen molar-refractivity contribution in [2.24, 2.45) is 13.0 Å². The molecule has 4 rings (SSSR count). The molecule has 1 fully saturated rings. The number of hydrogen-bond acceptors (Lipinski definition) is 4. The first-order valence-electron chi connectivity index (χ1n) is 10.5. The summed E-state index contributed by atoms with van der Waals surface area (Å²) in [5.74, 6) is -0.530. The summed E-state index contributed by atoms with van der Waals surface area (Å²) in [5.41, 5.74) is 4.22. The number of ether oxygens (including phenoxy) is 1. The van der Waals surface area contributed by atoms with Gasteiger partial charge in [0.15, 0.2) is 0 Å². The average Bonchev–Trinajstić information content (AvgIpc) is 3.18. The molecule has 1 amide bonds. The van der Waals surface area contributed by atoms with E-state index < -0.39 is 0 Å². The van der Waals surface area contributed by atoms with Crippen LogP contribution in [0.25, 0.3) is 22.3 Å². The number of amides is 1. The standard InChI is InChI=1S/C24H27N3O3/c1-4-30-24(29)17-7-5-12-27(15-17)23(28)19-14-21(22-8-6-11-26(22)3)25-20-10-9-16(2)13-18(19)20/h6,8-11,13-14,17H,4-5,7,12,15H2,1-3H3. The van der Waals surface area contributed by atoms with Crippen molar-refractivity contribution in [1.29, 1.82) is 0 Å². The summed E-state index contributed by atoms with van der Waals surface area (Å²) in [7, 11) is 1.96. The number of carbonyl (C=O) groups is 2. The number of carbonyl (C=O) groups excluding carboxylic acids is 2. The highest BCUT2D eigenvalue weighted by Crippen LogP contribution is 2.28. The van der Waals surface area contributed by atoms with E-state index in [1.165, 1.54) is 0 Å². The van der Waals surface area contributed by atoms with Gasteiger partial charge in [0, 0.05) is 31.7 Å². The molecule has 3 heterocycles. The van der Waals surface area contributed by atoms with Crippen LogP contribution < -0.4 is 0 Å². The molecule has 0 saturated carbocycles. The molecule has 1 unspecified atom stereocenters. The van der Waals surface area contributed by atoms with Crippen LogP contribution in [0, 0.1) is 12.8 Å². The summed E-state index contributed by atoms with van der Waals surface area (Å²) in [4.78, 5) is 32.4. The quantitative estimate of drug-likeness (QED) is 0.616. The number of aryl methyl sites for hydroxylation is 2. The van der Waals surface area contributed by atoms with Gasteiger partial charge in [-0.25, -0.2) is 4.98 Å². The van der Waals surface area contributed by atoms with Gasteiger partial charge in [0.25, 0.3) is 5.91 Å². The molecule has 1 aliphatic rings. The van der Waals surface area contributed by atoms with Gasteiger partial charge in [0.05, 0.1) is 35.0 Å². The Morgan fingerprint density at radius 3 is 2.80 bits per heavy atom. The number of aromatic nitrogens is 2. The van der Waals surface area contributed by atoms with E-state index in [2.05, 4.69) is 0 Å². The number of esters is 1. The minimum Gasteiger partial charge on any atom is -0.466 e. The van der Waals surface area contributed by atoms with Crippen molar-refractivity contribution in [2.75, 3.05) is 19.7 Å². The van der Waals surface area contributed by atoms with Crippen LogP contribution in [0.3, 0.4) is 0 Å². The van der Waals surface area contributed by atoms with Gasteiger partial charge in [0.1, 0.15) is 0 Å². The van der Waals surface area contributed by atoms with Crippen molar-refractivity contribution >= 4 is 22.8 Å². The van der Waals surface area contributed by atoms with Gasteiger partial charge in [-0.2, -0.15) is 0 Å². The van der Waals surface area contributed by atoms with Crippen molar-refractivity contribution < 1.29 is 14.3 Å². The fourth-order valence-corrected chi connectivity index (χ4v) is 4.16. The molecule has 156 valence electrons. The van der Waals surface area contributed by atoms with Crippen molar-refractivity contribution in [3.8, 4) is 11.4 Å². The van der Waals surface area contributed by atoms with Crippen LogP contribution in [0.2, 0.25) is 0 Å². The Morgan fingerprint density at radius 1 is 1.23 bits per heavy atom. The molecular weight excluding hydrogens is 378 g/mol. The van der Waals surface area contributed by atoms with Gasteiger partial charge >= 0.3 is 5.97 Å². The lowest BCUT2D eigenvalue weighted by atomic mass is 9.96. The molecule has 6 heteroatoms. The smallest absolute Gasteiger partial charge is 0.310 e. The lowest BCUT2D eigenvalue weighted by Gasteiger charge is -2.32. The van der Waals surface area contributed by atoms with E-state index >= 15 is 0 Å². The molecule has 3 aromatic rings. The Bertz CT molecular complexity index is 1100. The van der Waals surface area contributed by atoms with E-state index in [1.54, 1.807) is 11.8 Å². The Hall–Kier alpha value is -3.15. The molecule has 0 spiro atoms. The van der Waals surface area contributed by atoms with Crippen LogP contribution in [0.5, 0.6) is 0 Å². The second-order valence-corrected chi connectivity index (χ2v) is 7.92. The topological polar surface area (TPSA) is 64.4 Å². The number of nitrogens with zero attached hydrogens (tertiary/aromatic N) is 3. The van der Waals surface area contributed by atoms with Gasteiger partial charge in [-0.05, 0) is 57.0 Å². The van der Waals surface area contributed by atoms with E-state index in [1.807, 2.05) is 61.1 Å². The zero-order valence-electron chi connectivity index (χ0n) is 17.7. The maximum Gasteiger partial charge on any atom is 0.310 e. The fraction of sp³-hybridized carbons (Fsp3) is 0.375. The molecule has 0 bridgehead atoms. The zero-order valence-corrected chi connectivity index (χ0v) is 17.7. The fourth-order valence-electron chi connectivity index (χ4n) is 4.16. The van der Waals surface area contributed by atoms with Crippen LogP contribution in [-0.2, 0) is 16.6 Å². The largest absolute Gasteiger partial charge is 0.466 e. The van der Waals surface area contributed by atoms with Gasteiger partial charge in [0.2, 0.25) is 0 Å². The molecule has 0 aliphatic carbocycles. The lowest BCUT2D eigenvalue weighted by Crippen LogP contribution is -2.42. The van der Waals surface area contributed by atoms with Gasteiger partial charge < -0.3 is 14.2 Å². The van der Waals surface area contributed by atoms with Gasteiger partial charge in [-0.3, -0.25) is 9.59 Å². The number of pyridine rings is 1. The average molecular weight is 405 g/mol. The number of likely N-dealkylation sites (tertiary alicyclic amines) is 1. The number of benzene rings is 1. The predicted octanol–water partition coefficient (Wildman–Crippen LogP) is 3.96. The predicted molar refractivity (Wildman–Crippen MR) is 116 cm³/mol. The Kier molecular flexibility index (Phi) is 5.57. The van der Waals surface area contributed by atoms with E-state index in [4.69, 9.17) is 9.72 Å². The highest BCUT2D eigenvalue weighted by atomic mass is 16.5. The van der Waals surface area contributed by atoms with Crippen LogP contribution >= 0.6 is 0 Å². The van der Waals surface area contributed by atoms with E-state index in [-0.39, 0.29) is 17.8 Å². The molecule has 1 aromatic carbocycles. The first-order chi connectivity index (χ1) is 14.5. The van der Waals surface area contributed by atoms with Gasteiger partial charge in [-0.1, -0.05) is 11.6 Å². The minimum atomic E-state index is -0.259. The number of rotatable bonds is 4. The highest BCUT2D eigenvalue weighted by molar-refractivity contribution is 6.07.